The van der Waals surface area contributed by atoms with Gasteiger partial charge < -0.3 is 15.8 Å². The number of ketones is 1. The zero-order valence-electron chi connectivity index (χ0n) is 16.3. The molecule has 2 aliphatic carbocycles. The molecule has 2 fully saturated rings. The smallest absolute Gasteiger partial charge is 0.335 e. The molecule has 1 aliphatic heterocycles. The molecular formula is C21H30N2O4. The second kappa shape index (κ2) is 7.58. The summed E-state index contributed by atoms with van der Waals surface area (Å²) >= 11 is 0. The molecule has 0 radical (unpaired) electrons. The average molecular weight is 374 g/mol. The first-order valence-electron chi connectivity index (χ1n) is 9.83. The Bertz CT molecular complexity index is 698. The number of amides is 1. The van der Waals surface area contributed by atoms with Crippen molar-refractivity contribution in [2.24, 2.45) is 28.9 Å². The highest BCUT2D eigenvalue weighted by Crippen LogP contribution is 2.57. The second-order valence-corrected chi connectivity index (χ2v) is 8.51. The molecule has 0 spiro atoms. The number of primary amides is 1. The van der Waals surface area contributed by atoms with Gasteiger partial charge in [0.05, 0.1) is 12.1 Å². The molecule has 0 saturated heterocycles. The maximum atomic E-state index is 12.3. The molecule has 3 N–H and O–H groups in total. The third kappa shape index (κ3) is 3.72. The maximum Gasteiger partial charge on any atom is 0.335 e. The molecule has 3 aliphatic rings. The Labute approximate surface area is 160 Å². The first-order valence-corrected chi connectivity index (χ1v) is 9.83. The number of fused-ring (bicyclic) bond motifs is 1. The fourth-order valence-electron chi connectivity index (χ4n) is 5.47. The van der Waals surface area contributed by atoms with Crippen LogP contribution in [-0.2, 0) is 19.1 Å². The van der Waals surface area contributed by atoms with E-state index in [2.05, 4.69) is 25.7 Å². The zero-order valence-corrected chi connectivity index (χ0v) is 16.3. The minimum Gasteiger partial charge on any atom is -0.458 e. The third-order valence-corrected chi connectivity index (χ3v) is 7.06. The van der Waals surface area contributed by atoms with Crippen LogP contribution in [0.1, 0.15) is 46.0 Å². The van der Waals surface area contributed by atoms with Gasteiger partial charge in [0.1, 0.15) is 12.4 Å². The summed E-state index contributed by atoms with van der Waals surface area (Å²) in [7, 11) is 0. The summed E-state index contributed by atoms with van der Waals surface area (Å²) in [4.78, 5) is 35.7. The van der Waals surface area contributed by atoms with Gasteiger partial charge in [-0.3, -0.25) is 9.59 Å². The number of esters is 1. The molecule has 27 heavy (non-hydrogen) atoms. The van der Waals surface area contributed by atoms with Crippen molar-refractivity contribution in [3.63, 3.8) is 0 Å². The molecule has 0 aromatic heterocycles. The van der Waals surface area contributed by atoms with Crippen LogP contribution in [-0.4, -0.2) is 36.9 Å². The number of allylic oxidation sites excluding steroid dienone is 1. The van der Waals surface area contributed by atoms with E-state index < -0.39 is 5.91 Å². The van der Waals surface area contributed by atoms with E-state index in [0.717, 1.165) is 19.3 Å². The van der Waals surface area contributed by atoms with Gasteiger partial charge in [0.2, 0.25) is 5.91 Å². The van der Waals surface area contributed by atoms with Crippen LogP contribution in [0.25, 0.3) is 0 Å². The van der Waals surface area contributed by atoms with Gasteiger partial charge in [0.15, 0.2) is 0 Å². The molecule has 5 atom stereocenters. The summed E-state index contributed by atoms with van der Waals surface area (Å²) in [5, 5.41) is 3.14. The van der Waals surface area contributed by atoms with E-state index in [9.17, 15) is 14.4 Å². The van der Waals surface area contributed by atoms with Crippen LogP contribution in [0.5, 0.6) is 0 Å². The molecule has 1 amide bonds. The van der Waals surface area contributed by atoms with Crippen LogP contribution < -0.4 is 11.1 Å². The number of carbonyl (C=O) groups is 3. The fourth-order valence-corrected chi connectivity index (χ4v) is 5.47. The number of hydrogen-bond donors (Lipinski definition) is 2. The molecular weight excluding hydrogens is 344 g/mol. The molecule has 148 valence electrons. The van der Waals surface area contributed by atoms with Crippen molar-refractivity contribution >= 4 is 17.7 Å². The molecule has 0 aromatic rings. The predicted octanol–water partition coefficient (Wildman–Crippen LogP) is 1.89. The Balaban J connectivity index is 1.86. The number of nitrogens with one attached hydrogen (secondary N) is 1. The molecule has 0 bridgehead atoms. The van der Waals surface area contributed by atoms with E-state index >= 15 is 0 Å². The van der Waals surface area contributed by atoms with Gasteiger partial charge in [-0.2, -0.15) is 0 Å². The maximum absolute atomic E-state index is 12.3. The van der Waals surface area contributed by atoms with Crippen molar-refractivity contribution in [1.82, 2.24) is 5.32 Å². The lowest BCUT2D eigenvalue weighted by molar-refractivity contribution is -0.136. The van der Waals surface area contributed by atoms with E-state index in [0.29, 0.717) is 30.1 Å². The van der Waals surface area contributed by atoms with Gasteiger partial charge in [-0.05, 0) is 49.0 Å². The Morgan fingerprint density at radius 3 is 2.81 bits per heavy atom. The number of hydrogen-bond acceptors (Lipinski definition) is 5. The first-order chi connectivity index (χ1) is 12.7. The Morgan fingerprint density at radius 2 is 2.19 bits per heavy atom. The summed E-state index contributed by atoms with van der Waals surface area (Å²) in [5.41, 5.74) is 7.02. The number of Topliss-reactive ketones (excluding diaryl/α,β-unsaturated/α-hetero) is 1. The molecule has 2 saturated carbocycles. The van der Waals surface area contributed by atoms with Gasteiger partial charge in [-0.25, -0.2) is 4.79 Å². The summed E-state index contributed by atoms with van der Waals surface area (Å²) < 4.78 is 5.08. The summed E-state index contributed by atoms with van der Waals surface area (Å²) in [5.74, 6) is 0.117. The van der Waals surface area contributed by atoms with Crippen molar-refractivity contribution < 1.29 is 19.1 Å². The topological polar surface area (TPSA) is 98.5 Å². The lowest BCUT2D eigenvalue weighted by Crippen LogP contribution is -2.50. The van der Waals surface area contributed by atoms with Crippen LogP contribution in [0.15, 0.2) is 23.8 Å². The summed E-state index contributed by atoms with van der Waals surface area (Å²) in [6.45, 7) is 8.91. The lowest BCUT2D eigenvalue weighted by atomic mass is 9.50. The van der Waals surface area contributed by atoms with E-state index in [-0.39, 0.29) is 42.4 Å². The first kappa shape index (κ1) is 19.8. The summed E-state index contributed by atoms with van der Waals surface area (Å²) in [6, 6.07) is -0.308. The van der Waals surface area contributed by atoms with Crippen LogP contribution in [0.4, 0.5) is 0 Å². The van der Waals surface area contributed by atoms with Gasteiger partial charge in [0.25, 0.3) is 0 Å². The normalized spacial score (nSPS) is 34.7. The van der Waals surface area contributed by atoms with Gasteiger partial charge in [-0.1, -0.05) is 26.0 Å². The monoisotopic (exact) mass is 374 g/mol. The SMILES string of the molecule is C=C1CCC2[C@@H](C)C(=O)CC[C@]2(C)[C@@H]1CC(NCC(N)=O)C1=CCOC1=O. The van der Waals surface area contributed by atoms with E-state index in [1.54, 1.807) is 6.08 Å². The van der Waals surface area contributed by atoms with Gasteiger partial charge in [0, 0.05) is 18.4 Å². The van der Waals surface area contributed by atoms with Crippen molar-refractivity contribution in [2.75, 3.05) is 13.2 Å². The number of rotatable bonds is 6. The van der Waals surface area contributed by atoms with Gasteiger partial charge in [-0.15, -0.1) is 0 Å². The van der Waals surface area contributed by atoms with E-state index in [1.807, 2.05) is 0 Å². The lowest BCUT2D eigenvalue weighted by Gasteiger charge is -2.54. The van der Waals surface area contributed by atoms with E-state index in [1.165, 1.54) is 5.57 Å². The Morgan fingerprint density at radius 1 is 1.44 bits per heavy atom. The molecule has 0 aromatic carbocycles. The highest BCUT2D eigenvalue weighted by Gasteiger charge is 2.51. The highest BCUT2D eigenvalue weighted by atomic mass is 16.5. The second-order valence-electron chi connectivity index (χ2n) is 8.51. The summed E-state index contributed by atoms with van der Waals surface area (Å²) in [6.07, 6.45) is 5.76. The van der Waals surface area contributed by atoms with Crippen molar-refractivity contribution in [3.05, 3.63) is 23.8 Å². The Hall–Kier alpha value is -1.95. The van der Waals surface area contributed by atoms with Crippen molar-refractivity contribution in [1.29, 1.82) is 0 Å². The molecule has 2 unspecified atom stereocenters. The van der Waals surface area contributed by atoms with Crippen LogP contribution in [0.3, 0.4) is 0 Å². The number of carbonyl (C=O) groups excluding carboxylic acids is 3. The molecule has 6 nitrogen and oxygen atoms in total. The zero-order chi connectivity index (χ0) is 19.8. The Kier molecular flexibility index (Phi) is 5.56. The van der Waals surface area contributed by atoms with Crippen LogP contribution in [0, 0.1) is 23.2 Å². The quantitative estimate of drug-likeness (QED) is 0.546. The highest BCUT2D eigenvalue weighted by molar-refractivity contribution is 5.92. The largest absolute Gasteiger partial charge is 0.458 e. The van der Waals surface area contributed by atoms with Gasteiger partial charge >= 0.3 is 5.97 Å². The number of nitrogens with two attached hydrogens (primary N) is 1. The fraction of sp³-hybridized carbons (Fsp3) is 0.667. The average Bonchev–Trinajstić information content (AvgIpc) is 3.03. The van der Waals surface area contributed by atoms with Crippen LogP contribution in [0.2, 0.25) is 0 Å². The molecule has 6 heteroatoms. The minimum absolute atomic E-state index is 0.00349. The number of cyclic esters (lactones) is 1. The van der Waals surface area contributed by atoms with Crippen molar-refractivity contribution in [2.45, 2.75) is 52.0 Å². The number of ether oxygens (including phenoxy) is 1. The van der Waals surface area contributed by atoms with E-state index in [4.69, 9.17) is 10.5 Å². The minimum atomic E-state index is -0.463. The van der Waals surface area contributed by atoms with Crippen molar-refractivity contribution in [3.8, 4) is 0 Å². The molecule has 1 heterocycles. The van der Waals surface area contributed by atoms with Crippen LogP contribution >= 0.6 is 0 Å². The molecule has 3 rings (SSSR count). The predicted molar refractivity (Wildman–Crippen MR) is 102 cm³/mol. The standard InChI is InChI=1S/C21H30N2O4/c1-12-4-5-15-13(2)18(24)6-8-21(15,3)16(12)10-17(23-11-19(22)25)14-7-9-27-20(14)26/h7,13,15-17,23H,1,4-6,8-11H2,2-3H3,(H2,22,25)/t13-,15?,16-,17?,21+/m1/s1. The third-order valence-electron chi connectivity index (χ3n) is 7.06.